The quantitative estimate of drug-likeness (QED) is 0.468. The summed E-state index contributed by atoms with van der Waals surface area (Å²) >= 11 is 0. The maximum absolute atomic E-state index is 12.9. The summed E-state index contributed by atoms with van der Waals surface area (Å²) in [7, 11) is 0. The van der Waals surface area contributed by atoms with Crippen molar-refractivity contribution < 1.29 is 39.2 Å². The SMILES string of the molecule is CC(=O)OCC(=O)[C@@]1(O)CC[C@H]2[C@@H]3CCC4=CC(=O)C=C[C@]4(C)[C@H]3[C@@H](O)C[C@@]21C.CCCCC(=O)O. The van der Waals surface area contributed by atoms with Crippen molar-refractivity contribution >= 4 is 23.5 Å². The molecule has 8 nitrogen and oxygen atoms in total. The highest BCUT2D eigenvalue weighted by Crippen LogP contribution is 2.67. The largest absolute Gasteiger partial charge is 0.481 e. The van der Waals surface area contributed by atoms with Gasteiger partial charge >= 0.3 is 11.9 Å². The van der Waals surface area contributed by atoms with Crippen molar-refractivity contribution in [3.63, 3.8) is 0 Å². The molecule has 0 aromatic rings. The van der Waals surface area contributed by atoms with Gasteiger partial charge in [0.05, 0.1) is 6.10 Å². The summed E-state index contributed by atoms with van der Waals surface area (Å²) < 4.78 is 4.88. The second kappa shape index (κ2) is 10.6. The number of hydrogen-bond acceptors (Lipinski definition) is 7. The first-order valence-electron chi connectivity index (χ1n) is 13.0. The van der Waals surface area contributed by atoms with Crippen LogP contribution < -0.4 is 0 Å². The van der Waals surface area contributed by atoms with Gasteiger partial charge in [-0.15, -0.1) is 0 Å². The van der Waals surface area contributed by atoms with E-state index in [1.54, 1.807) is 12.2 Å². The van der Waals surface area contributed by atoms with Gasteiger partial charge in [0.15, 0.2) is 12.4 Å². The number of carbonyl (C=O) groups excluding carboxylic acids is 3. The van der Waals surface area contributed by atoms with Crippen LogP contribution in [0, 0.1) is 28.6 Å². The molecule has 0 amide bonds. The van der Waals surface area contributed by atoms with Crippen LogP contribution in [0.2, 0.25) is 0 Å². The van der Waals surface area contributed by atoms with Crippen LogP contribution >= 0.6 is 0 Å². The molecule has 0 aromatic heterocycles. The van der Waals surface area contributed by atoms with Crippen LogP contribution in [0.15, 0.2) is 23.8 Å². The minimum Gasteiger partial charge on any atom is -0.481 e. The first-order valence-corrected chi connectivity index (χ1v) is 13.0. The minimum absolute atomic E-state index is 0.00243. The Morgan fingerprint density at radius 1 is 1.19 bits per heavy atom. The Hall–Kier alpha value is -2.32. The molecule has 0 bridgehead atoms. The number of ether oxygens (including phenoxy) is 1. The number of aliphatic carboxylic acids is 1. The van der Waals surface area contributed by atoms with E-state index in [0.717, 1.165) is 31.3 Å². The van der Waals surface area contributed by atoms with Crippen LogP contribution in [-0.4, -0.2) is 57.1 Å². The number of aliphatic hydroxyl groups is 2. The number of unbranched alkanes of at least 4 members (excludes halogenated alkanes) is 1. The summed E-state index contributed by atoms with van der Waals surface area (Å²) in [4.78, 5) is 45.6. The van der Waals surface area contributed by atoms with Crippen LogP contribution in [-0.2, 0) is 23.9 Å². The molecule has 0 unspecified atom stereocenters. The third-order valence-corrected chi connectivity index (χ3v) is 9.26. The number of Topliss-reactive ketones (excluding diaryl/α,β-unsaturated/α-hetero) is 1. The van der Waals surface area contributed by atoms with Crippen molar-refractivity contribution in [2.75, 3.05) is 6.61 Å². The number of esters is 1. The van der Waals surface area contributed by atoms with Gasteiger partial charge in [-0.25, -0.2) is 0 Å². The van der Waals surface area contributed by atoms with Gasteiger partial charge in [-0.1, -0.05) is 38.8 Å². The van der Waals surface area contributed by atoms with E-state index in [2.05, 4.69) is 6.92 Å². The lowest BCUT2D eigenvalue weighted by Crippen LogP contribution is -2.61. The molecule has 0 saturated heterocycles. The Labute approximate surface area is 212 Å². The van der Waals surface area contributed by atoms with Crippen molar-refractivity contribution in [1.82, 2.24) is 0 Å². The van der Waals surface area contributed by atoms with Crippen molar-refractivity contribution in [1.29, 1.82) is 0 Å². The molecular formula is C28H40O8. The molecule has 0 heterocycles. The summed E-state index contributed by atoms with van der Waals surface area (Å²) in [5.41, 5.74) is -1.67. The smallest absolute Gasteiger partial charge is 0.303 e. The first-order chi connectivity index (χ1) is 16.8. The number of fused-ring (bicyclic) bond motifs is 5. The molecule has 200 valence electrons. The highest BCUT2D eigenvalue weighted by atomic mass is 16.5. The van der Waals surface area contributed by atoms with E-state index < -0.39 is 41.4 Å². The fourth-order valence-corrected chi connectivity index (χ4v) is 7.40. The molecule has 4 aliphatic carbocycles. The molecular weight excluding hydrogens is 464 g/mol. The predicted molar refractivity (Wildman–Crippen MR) is 132 cm³/mol. The normalized spacial score (nSPS) is 38.5. The number of ketones is 2. The zero-order chi connectivity index (χ0) is 26.9. The van der Waals surface area contributed by atoms with E-state index in [9.17, 15) is 29.4 Å². The van der Waals surface area contributed by atoms with Gasteiger partial charge in [0, 0.05) is 30.1 Å². The third kappa shape index (κ3) is 4.94. The summed E-state index contributed by atoms with van der Waals surface area (Å²) in [6.07, 6.45) is 9.59. The molecule has 36 heavy (non-hydrogen) atoms. The Bertz CT molecular complexity index is 967. The molecule has 4 rings (SSSR count). The summed E-state index contributed by atoms with van der Waals surface area (Å²) in [6, 6.07) is 0. The fourth-order valence-electron chi connectivity index (χ4n) is 7.40. The van der Waals surface area contributed by atoms with E-state index in [-0.39, 0.29) is 29.0 Å². The molecule has 3 N–H and O–H groups in total. The van der Waals surface area contributed by atoms with Gasteiger partial charge in [-0.2, -0.15) is 0 Å². The first kappa shape index (κ1) is 28.3. The summed E-state index contributed by atoms with van der Waals surface area (Å²) in [6.45, 7) is 6.78. The lowest BCUT2D eigenvalue weighted by Gasteiger charge is -2.59. The summed E-state index contributed by atoms with van der Waals surface area (Å²) in [5, 5.41) is 30.8. The third-order valence-electron chi connectivity index (χ3n) is 9.26. The van der Waals surface area contributed by atoms with Crippen molar-refractivity contribution in [2.45, 2.75) is 90.8 Å². The van der Waals surface area contributed by atoms with Gasteiger partial charge < -0.3 is 20.1 Å². The zero-order valence-corrected chi connectivity index (χ0v) is 21.8. The molecule has 0 aliphatic heterocycles. The van der Waals surface area contributed by atoms with Gasteiger partial charge in [0.2, 0.25) is 5.78 Å². The number of rotatable bonds is 6. The minimum atomic E-state index is -1.60. The lowest BCUT2D eigenvalue weighted by atomic mass is 9.46. The second-order valence-corrected chi connectivity index (χ2v) is 11.3. The van der Waals surface area contributed by atoms with Crippen LogP contribution in [0.4, 0.5) is 0 Å². The number of aliphatic hydroxyl groups excluding tert-OH is 1. The van der Waals surface area contributed by atoms with Crippen molar-refractivity contribution in [3.8, 4) is 0 Å². The number of carboxylic acids is 1. The van der Waals surface area contributed by atoms with E-state index >= 15 is 0 Å². The summed E-state index contributed by atoms with van der Waals surface area (Å²) in [5.74, 6) is -1.53. The Balaban J connectivity index is 0.000000454. The Morgan fingerprint density at radius 2 is 1.89 bits per heavy atom. The highest BCUT2D eigenvalue weighted by molar-refractivity contribution is 6.01. The number of allylic oxidation sites excluding steroid dienone is 4. The van der Waals surface area contributed by atoms with Crippen LogP contribution in [0.1, 0.15) is 79.1 Å². The van der Waals surface area contributed by atoms with Gasteiger partial charge in [-0.3, -0.25) is 19.2 Å². The van der Waals surface area contributed by atoms with Crippen molar-refractivity contribution in [2.24, 2.45) is 28.6 Å². The molecule has 7 atom stereocenters. The number of hydrogen-bond donors (Lipinski definition) is 3. The van der Waals surface area contributed by atoms with Gasteiger partial charge in [0.1, 0.15) is 5.60 Å². The highest BCUT2D eigenvalue weighted by Gasteiger charge is 2.68. The average molecular weight is 505 g/mol. The van der Waals surface area contributed by atoms with Crippen molar-refractivity contribution in [3.05, 3.63) is 23.8 Å². The van der Waals surface area contributed by atoms with E-state index in [0.29, 0.717) is 25.7 Å². The van der Waals surface area contributed by atoms with Crippen LogP contribution in [0.25, 0.3) is 0 Å². The van der Waals surface area contributed by atoms with E-state index in [1.807, 2.05) is 19.9 Å². The fraction of sp³-hybridized carbons (Fsp3) is 0.714. The average Bonchev–Trinajstić information content (AvgIpc) is 3.07. The molecule has 3 fully saturated rings. The van der Waals surface area contributed by atoms with Gasteiger partial charge in [0.25, 0.3) is 0 Å². The number of carbonyl (C=O) groups is 4. The molecule has 0 aromatic carbocycles. The molecule has 8 heteroatoms. The maximum Gasteiger partial charge on any atom is 0.303 e. The zero-order valence-electron chi connectivity index (χ0n) is 21.8. The lowest BCUT2D eigenvalue weighted by molar-refractivity contribution is -0.181. The van der Waals surface area contributed by atoms with E-state index in [4.69, 9.17) is 9.84 Å². The van der Waals surface area contributed by atoms with Crippen LogP contribution in [0.3, 0.4) is 0 Å². The second-order valence-electron chi connectivity index (χ2n) is 11.3. The molecule has 0 radical (unpaired) electrons. The Kier molecular flexibility index (Phi) is 8.30. The van der Waals surface area contributed by atoms with E-state index in [1.165, 1.54) is 6.92 Å². The topological polar surface area (TPSA) is 138 Å². The molecule has 4 aliphatic rings. The molecule has 0 spiro atoms. The monoisotopic (exact) mass is 504 g/mol. The predicted octanol–water partition coefficient (Wildman–Crippen LogP) is 3.39. The maximum atomic E-state index is 12.9. The molecule has 3 saturated carbocycles. The van der Waals surface area contributed by atoms with Gasteiger partial charge in [-0.05, 0) is 62.5 Å². The van der Waals surface area contributed by atoms with Crippen LogP contribution in [0.5, 0.6) is 0 Å². The Morgan fingerprint density at radius 3 is 2.47 bits per heavy atom. The standard InChI is InChI=1S/C23H30O6.C5H10O2/c1-13(24)29-12-19(27)23(28)9-7-17-16-5-4-14-10-15(25)6-8-21(14,2)20(16)18(26)11-22(17,23)3;1-2-3-4-5(6)7/h6,8,10,16-18,20,26,28H,4-5,7,9,11-12H2,1-3H3;2-4H2,1H3,(H,6,7)/t16-,17-,18-,20+,21-,22-,23-;/m0./s1. The number of carboxylic acid groups (broad SMARTS) is 1.